The van der Waals surface area contributed by atoms with Crippen LogP contribution in [0.4, 0.5) is 52.7 Å². The fraction of sp³-hybridized carbons (Fsp3) is 0.282. The molecule has 0 saturated heterocycles. The van der Waals surface area contributed by atoms with Gasteiger partial charge in [-0.05, 0) is 112 Å². The van der Waals surface area contributed by atoms with Crippen molar-refractivity contribution in [1.82, 2.24) is 0 Å². The fourth-order valence-corrected chi connectivity index (χ4v) is 12.8. The Labute approximate surface area is 301 Å². The molecule has 282 valence electrons. The molecule has 53 heavy (non-hydrogen) atoms. The Morgan fingerprint density at radius 2 is 0.774 bits per heavy atom. The van der Waals surface area contributed by atoms with Crippen LogP contribution in [0.1, 0.15) is 51.4 Å². The average Bonchev–Trinajstić information content (AvgIpc) is 3.48. The quantitative estimate of drug-likeness (QED) is 0.129. The number of benzene rings is 4. The van der Waals surface area contributed by atoms with Crippen molar-refractivity contribution in [2.45, 2.75) is 65.0 Å². The van der Waals surface area contributed by atoms with Crippen LogP contribution in [0.25, 0.3) is 0 Å². The zero-order chi connectivity index (χ0) is 39.4. The highest BCUT2D eigenvalue weighted by Crippen LogP contribution is 2.57. The molecule has 0 spiro atoms. The highest BCUT2D eigenvalue weighted by molar-refractivity contribution is 7.77. The maximum atomic E-state index is 14.2. The monoisotopic (exact) mass is 790 g/mol. The van der Waals surface area contributed by atoms with Gasteiger partial charge in [-0.3, -0.25) is 0 Å². The predicted molar refractivity (Wildman–Crippen MR) is 187 cm³/mol. The first-order valence-corrected chi connectivity index (χ1v) is 18.8. The molecular weight excluding hydrogens is 758 g/mol. The lowest BCUT2D eigenvalue weighted by Gasteiger charge is -2.35. The van der Waals surface area contributed by atoms with Crippen LogP contribution in [0.2, 0.25) is 0 Å². The van der Waals surface area contributed by atoms with Gasteiger partial charge in [-0.15, -0.1) is 0 Å². The molecule has 1 aliphatic carbocycles. The zero-order valence-corrected chi connectivity index (χ0v) is 30.5. The van der Waals surface area contributed by atoms with E-state index < -0.39 is 85.0 Å². The number of aryl methyl sites for hydroxylation is 4. The predicted octanol–water partition coefficient (Wildman–Crippen LogP) is 12.0. The molecule has 0 aromatic heterocycles. The lowest BCUT2D eigenvalue weighted by Crippen LogP contribution is -2.29. The number of halogens is 12. The molecule has 4 aromatic carbocycles. The maximum absolute atomic E-state index is 14.2. The first-order valence-electron chi connectivity index (χ1n) is 16.1. The van der Waals surface area contributed by atoms with E-state index in [1.807, 2.05) is 71.0 Å². The molecule has 0 N–H and O–H groups in total. The van der Waals surface area contributed by atoms with Gasteiger partial charge in [-0.25, -0.2) is 0 Å². The van der Waals surface area contributed by atoms with Gasteiger partial charge in [0.1, 0.15) is 0 Å². The highest BCUT2D eigenvalue weighted by Gasteiger charge is 2.42. The lowest BCUT2D eigenvalue weighted by molar-refractivity contribution is -0.144. The summed E-state index contributed by atoms with van der Waals surface area (Å²) in [6, 6.07) is 13.2. The lowest BCUT2D eigenvalue weighted by atomic mass is 10.1. The molecule has 0 radical (unpaired) electrons. The molecule has 0 fully saturated rings. The van der Waals surface area contributed by atoms with E-state index in [-0.39, 0.29) is 17.4 Å². The summed E-state index contributed by atoms with van der Waals surface area (Å²) >= 11 is 0. The van der Waals surface area contributed by atoms with Crippen LogP contribution in [0.3, 0.4) is 0 Å². The van der Waals surface area contributed by atoms with Crippen LogP contribution in [-0.4, -0.2) is 5.66 Å². The normalized spacial score (nSPS) is 16.1. The van der Waals surface area contributed by atoms with E-state index in [4.69, 9.17) is 0 Å². The molecule has 14 heteroatoms. The molecule has 0 bridgehead atoms. The SMILES string of the molecule is Cc1cc(C)cc(P(c2cc(C)cc(C)c2)C(C)C2C=CC=C2P(c2cc(C(F)(F)F)cc(C(F)(F)F)c2)c2cc(C(F)(F)F)cc(C(F)(F)F)c2)c1. The minimum Gasteiger partial charge on any atom is -0.166 e. The molecule has 1 aliphatic rings. The van der Waals surface area contributed by atoms with Crippen LogP contribution in [-0.2, 0) is 24.7 Å². The summed E-state index contributed by atoms with van der Waals surface area (Å²) in [5.74, 6) is -0.804. The summed E-state index contributed by atoms with van der Waals surface area (Å²) in [7, 11) is -4.23. The van der Waals surface area contributed by atoms with Gasteiger partial charge in [0.25, 0.3) is 0 Å². The van der Waals surface area contributed by atoms with Crippen LogP contribution in [0.5, 0.6) is 0 Å². The van der Waals surface area contributed by atoms with Crippen LogP contribution < -0.4 is 21.2 Å². The van der Waals surface area contributed by atoms with Crippen LogP contribution >= 0.6 is 15.8 Å². The van der Waals surface area contributed by atoms with Crippen molar-refractivity contribution in [3.05, 3.63) is 141 Å². The highest BCUT2D eigenvalue weighted by atomic mass is 31.1. The third-order valence-corrected chi connectivity index (χ3v) is 14.0. The standard InChI is InChI=1S/C39H32F12P2/c1-21-9-22(2)12-30(11-21)52(31-13-23(3)10-24(4)14-31)25(5)34-7-6-8-35(34)53(32-17-26(36(40,41)42)15-27(18-32)37(43,44)45)33-19-28(38(46,47)48)16-29(20-33)39(49,50)51/h6-20,25,34H,1-5H3. The van der Waals surface area contributed by atoms with E-state index >= 15 is 0 Å². The zero-order valence-electron chi connectivity index (χ0n) is 28.7. The Hall–Kier alpha value is -3.62. The summed E-state index contributed by atoms with van der Waals surface area (Å²) in [6.07, 6.45) is -16.7. The molecule has 2 atom stereocenters. The van der Waals surface area contributed by atoms with E-state index in [0.29, 0.717) is 24.3 Å². The first-order chi connectivity index (χ1) is 24.3. The largest absolute Gasteiger partial charge is 0.416 e. The maximum Gasteiger partial charge on any atom is 0.416 e. The molecule has 5 rings (SSSR count). The van der Waals surface area contributed by atoms with Crippen molar-refractivity contribution < 1.29 is 52.7 Å². The molecule has 0 nitrogen and oxygen atoms in total. The first kappa shape index (κ1) is 40.6. The summed E-state index contributed by atoms with van der Waals surface area (Å²) in [5, 5.41) is 0.535. The number of alkyl halides is 12. The molecule has 0 amide bonds. The van der Waals surface area contributed by atoms with Gasteiger partial charge < -0.3 is 0 Å². The topological polar surface area (TPSA) is 0 Å². The minimum atomic E-state index is -5.32. The molecule has 0 saturated carbocycles. The van der Waals surface area contributed by atoms with E-state index in [1.54, 1.807) is 6.08 Å². The second-order valence-corrected chi connectivity index (χ2v) is 18.0. The van der Waals surface area contributed by atoms with Gasteiger partial charge >= 0.3 is 24.7 Å². The van der Waals surface area contributed by atoms with Gasteiger partial charge in [0.15, 0.2) is 0 Å². The Balaban J connectivity index is 1.81. The Kier molecular flexibility index (Phi) is 11.1. The van der Waals surface area contributed by atoms with Crippen LogP contribution in [0.15, 0.2) is 96.3 Å². The van der Waals surface area contributed by atoms with E-state index in [1.165, 1.54) is 12.2 Å². The molecule has 0 heterocycles. The van der Waals surface area contributed by atoms with Gasteiger partial charge in [-0.1, -0.05) is 83.8 Å². The molecule has 0 aliphatic heterocycles. The van der Waals surface area contributed by atoms with Crippen molar-refractivity contribution in [3.63, 3.8) is 0 Å². The summed E-state index contributed by atoms with van der Waals surface area (Å²) in [6.45, 7) is 9.42. The summed E-state index contributed by atoms with van der Waals surface area (Å²) in [4.78, 5) is 0. The summed E-state index contributed by atoms with van der Waals surface area (Å²) < 4.78 is 170. The number of hydrogen-bond donors (Lipinski definition) is 0. The number of allylic oxidation sites excluding steroid dienone is 4. The fourth-order valence-electron chi connectivity index (χ4n) is 6.66. The van der Waals surface area contributed by atoms with Crippen molar-refractivity contribution in [1.29, 1.82) is 0 Å². The van der Waals surface area contributed by atoms with Gasteiger partial charge in [0, 0.05) is 5.92 Å². The second kappa shape index (κ2) is 14.6. The van der Waals surface area contributed by atoms with E-state index in [9.17, 15) is 52.7 Å². The van der Waals surface area contributed by atoms with Gasteiger partial charge in [-0.2, -0.15) is 52.7 Å². The van der Waals surface area contributed by atoms with Crippen molar-refractivity contribution in [2.24, 2.45) is 5.92 Å². The molecule has 2 unspecified atom stereocenters. The van der Waals surface area contributed by atoms with Crippen LogP contribution in [0, 0.1) is 33.6 Å². The smallest absolute Gasteiger partial charge is 0.166 e. The number of hydrogen-bond acceptors (Lipinski definition) is 0. The van der Waals surface area contributed by atoms with E-state index in [2.05, 4.69) is 0 Å². The Morgan fingerprint density at radius 3 is 1.08 bits per heavy atom. The van der Waals surface area contributed by atoms with Gasteiger partial charge in [0.2, 0.25) is 0 Å². The second-order valence-electron chi connectivity index (χ2n) is 13.2. The van der Waals surface area contributed by atoms with E-state index in [0.717, 1.165) is 32.9 Å². The average molecular weight is 791 g/mol. The van der Waals surface area contributed by atoms with Gasteiger partial charge in [0.05, 0.1) is 22.3 Å². The Morgan fingerprint density at radius 1 is 0.453 bits per heavy atom. The number of rotatable bonds is 7. The Bertz CT molecular complexity index is 1830. The molecule has 4 aromatic rings. The van der Waals surface area contributed by atoms with Crippen molar-refractivity contribution in [3.8, 4) is 0 Å². The van der Waals surface area contributed by atoms with Crippen molar-refractivity contribution in [2.75, 3.05) is 0 Å². The third-order valence-electron chi connectivity index (χ3n) is 8.74. The van der Waals surface area contributed by atoms with Crippen molar-refractivity contribution >= 4 is 37.1 Å². The molecular formula is C39H32F12P2. The third kappa shape index (κ3) is 9.20. The summed E-state index contributed by atoms with van der Waals surface area (Å²) in [5.41, 5.74) is -3.71. The minimum absolute atomic E-state index is 0.119.